The number of nitro groups is 1. The van der Waals surface area contributed by atoms with Crippen molar-refractivity contribution in [1.82, 2.24) is 19.2 Å². The Morgan fingerprint density at radius 3 is 2.63 bits per heavy atom. The first kappa shape index (κ1) is 28.5. The zero-order chi connectivity index (χ0) is 30.7. The number of likely N-dealkylation sites (tertiary alicyclic amines) is 1. The highest BCUT2D eigenvalue weighted by Gasteiger charge is 2.60. The molecule has 14 nitrogen and oxygen atoms in total. The Labute approximate surface area is 247 Å². The smallest absolute Gasteiger partial charge is 0.410 e. The first-order chi connectivity index (χ1) is 20.5. The first-order valence-corrected chi connectivity index (χ1v) is 14.5. The number of aromatic nitrogens is 2. The molecule has 1 aromatic carbocycles. The zero-order valence-corrected chi connectivity index (χ0v) is 23.9. The number of ketones is 1. The second-order valence-electron chi connectivity index (χ2n) is 10.9. The number of rotatable bonds is 8. The number of hydrogen-bond donors (Lipinski definition) is 2. The van der Waals surface area contributed by atoms with Crippen molar-refractivity contribution in [3.05, 3.63) is 68.7 Å². The predicted octanol–water partition coefficient (Wildman–Crippen LogP) is 2.94. The number of carboxylic acids is 1. The normalized spacial score (nSPS) is 23.8. The van der Waals surface area contributed by atoms with Crippen molar-refractivity contribution in [2.75, 3.05) is 6.54 Å². The molecule has 3 aliphatic heterocycles. The van der Waals surface area contributed by atoms with Crippen LogP contribution in [0.15, 0.2) is 42.5 Å². The van der Waals surface area contributed by atoms with E-state index in [0.717, 1.165) is 0 Å². The lowest BCUT2D eigenvalue weighted by atomic mass is 9.77. The number of carboxylic acid groups (broad SMARTS) is 1. The van der Waals surface area contributed by atoms with Gasteiger partial charge in [0.25, 0.3) is 5.69 Å². The summed E-state index contributed by atoms with van der Waals surface area (Å²) in [5, 5.41) is 31.0. The summed E-state index contributed by atoms with van der Waals surface area (Å²) in [5.41, 5.74) is 0.954. The van der Waals surface area contributed by atoms with Gasteiger partial charge in [-0.15, -0.1) is 11.3 Å². The van der Waals surface area contributed by atoms with Crippen molar-refractivity contribution >= 4 is 51.2 Å². The molecule has 0 bridgehead atoms. The van der Waals surface area contributed by atoms with Crippen LogP contribution in [0, 0.1) is 22.0 Å². The number of benzene rings is 1. The molecule has 3 aliphatic rings. The monoisotopic (exact) mass is 609 g/mol. The third-order valence-corrected chi connectivity index (χ3v) is 9.53. The Morgan fingerprint density at radius 2 is 1.98 bits per heavy atom. The largest absolute Gasteiger partial charge is 0.477 e. The quantitative estimate of drug-likeness (QED) is 0.167. The average molecular weight is 610 g/mol. The molecule has 224 valence electrons. The molecule has 43 heavy (non-hydrogen) atoms. The molecule has 2 aromatic heterocycles. The van der Waals surface area contributed by atoms with Crippen LogP contribution in [0.25, 0.3) is 10.4 Å². The van der Waals surface area contributed by atoms with Crippen molar-refractivity contribution in [1.29, 1.82) is 0 Å². The van der Waals surface area contributed by atoms with Crippen LogP contribution in [-0.2, 0) is 20.9 Å². The molecule has 2 saturated heterocycles. The van der Waals surface area contributed by atoms with Gasteiger partial charge in [0.05, 0.1) is 27.9 Å². The van der Waals surface area contributed by atoms with Gasteiger partial charge >= 0.3 is 12.1 Å². The average Bonchev–Trinajstić information content (AvgIpc) is 3.73. The number of Topliss-reactive ketones (excluding diaryl/α,β-unsaturated/α-hetero) is 1. The molecule has 3 aromatic rings. The van der Waals surface area contributed by atoms with E-state index in [2.05, 4.69) is 4.98 Å². The van der Waals surface area contributed by atoms with E-state index < -0.39 is 47.0 Å². The molecule has 2 amide bonds. The Balaban J connectivity index is 1.22. The van der Waals surface area contributed by atoms with E-state index in [-0.39, 0.29) is 35.4 Å². The number of carbonyl (C=O) groups excluding carboxylic acids is 3. The van der Waals surface area contributed by atoms with Gasteiger partial charge < -0.3 is 19.8 Å². The molecule has 6 rings (SSSR count). The number of aliphatic hydroxyl groups excluding tert-OH is 1. The molecule has 5 heterocycles. The maximum atomic E-state index is 13.7. The van der Waals surface area contributed by atoms with Crippen LogP contribution in [-0.4, -0.2) is 82.8 Å². The van der Waals surface area contributed by atoms with Crippen molar-refractivity contribution < 1.29 is 39.1 Å². The van der Waals surface area contributed by atoms with Crippen LogP contribution >= 0.6 is 11.3 Å². The second kappa shape index (κ2) is 10.6. The van der Waals surface area contributed by atoms with Gasteiger partial charge in [0, 0.05) is 36.4 Å². The highest BCUT2D eigenvalue weighted by Crippen LogP contribution is 2.51. The van der Waals surface area contributed by atoms with Crippen LogP contribution in [0.5, 0.6) is 0 Å². The van der Waals surface area contributed by atoms with Gasteiger partial charge in [-0.05, 0) is 37.5 Å². The minimum absolute atomic E-state index is 0.0800. The molecule has 2 fully saturated rings. The van der Waals surface area contributed by atoms with E-state index in [1.165, 1.54) is 58.7 Å². The fraction of sp³-hybridized carbons (Fsp3) is 0.393. The molecule has 2 N–H and O–H groups in total. The lowest BCUT2D eigenvalue weighted by Gasteiger charge is -2.46. The number of amides is 2. The van der Waals surface area contributed by atoms with E-state index in [0.29, 0.717) is 40.2 Å². The van der Waals surface area contributed by atoms with Gasteiger partial charge in [0.15, 0.2) is 0 Å². The molecular weight excluding hydrogens is 582 g/mol. The number of β-lactam (4-membered cyclic amide) rings is 1. The molecule has 0 spiro atoms. The SMILES string of the molecule is C[C@@H](O)[C@H]1C(=O)N2C(C(=O)O)=C(c3cn4cnc(C(=O)[C@@H]5CCCN5C(=O)OCc5ccc([N+](=O)[O-])cc5)c4s3)[C@H](C)[C@H]12. The molecule has 5 atom stereocenters. The number of aliphatic carboxylic acids is 1. The summed E-state index contributed by atoms with van der Waals surface area (Å²) in [6, 6.07) is 4.34. The summed E-state index contributed by atoms with van der Waals surface area (Å²) in [7, 11) is 0. The summed E-state index contributed by atoms with van der Waals surface area (Å²) in [6.07, 6.45) is 2.51. The fourth-order valence-corrected chi connectivity index (χ4v) is 7.57. The van der Waals surface area contributed by atoms with Gasteiger partial charge in [-0.1, -0.05) is 6.92 Å². The Morgan fingerprint density at radius 1 is 1.26 bits per heavy atom. The predicted molar refractivity (Wildman–Crippen MR) is 150 cm³/mol. The number of hydrogen-bond acceptors (Lipinski definition) is 10. The number of ether oxygens (including phenoxy) is 1. The lowest BCUT2D eigenvalue weighted by Crippen LogP contribution is -2.63. The zero-order valence-electron chi connectivity index (χ0n) is 23.1. The summed E-state index contributed by atoms with van der Waals surface area (Å²) < 4.78 is 7.03. The van der Waals surface area contributed by atoms with Crippen LogP contribution in [0.1, 0.15) is 47.6 Å². The molecule has 0 unspecified atom stereocenters. The van der Waals surface area contributed by atoms with E-state index in [1.807, 2.05) is 6.92 Å². The van der Waals surface area contributed by atoms with E-state index in [9.17, 15) is 39.5 Å². The molecule has 0 radical (unpaired) electrons. The number of carbonyl (C=O) groups is 4. The molecule has 0 saturated carbocycles. The van der Waals surface area contributed by atoms with Crippen molar-refractivity contribution in [3.8, 4) is 0 Å². The van der Waals surface area contributed by atoms with Crippen LogP contribution in [0.3, 0.4) is 0 Å². The van der Waals surface area contributed by atoms with Gasteiger partial charge in [-0.3, -0.25) is 29.0 Å². The number of non-ortho nitro benzene ring substituents is 1. The van der Waals surface area contributed by atoms with E-state index in [1.54, 1.807) is 10.6 Å². The number of aliphatic hydroxyl groups is 1. The van der Waals surface area contributed by atoms with Crippen LogP contribution in [0.4, 0.5) is 10.5 Å². The highest BCUT2D eigenvalue weighted by molar-refractivity contribution is 7.18. The maximum absolute atomic E-state index is 13.7. The van der Waals surface area contributed by atoms with Gasteiger partial charge in [0.2, 0.25) is 11.7 Å². The lowest BCUT2D eigenvalue weighted by molar-refractivity contribution is -0.384. The third-order valence-electron chi connectivity index (χ3n) is 8.38. The number of nitrogens with zero attached hydrogens (tertiary/aromatic N) is 5. The summed E-state index contributed by atoms with van der Waals surface area (Å²) >= 11 is 1.18. The number of thiazole rings is 1. The van der Waals surface area contributed by atoms with Crippen molar-refractivity contribution in [3.63, 3.8) is 0 Å². The van der Waals surface area contributed by atoms with E-state index in [4.69, 9.17) is 4.74 Å². The second-order valence-corrected chi connectivity index (χ2v) is 11.9. The minimum atomic E-state index is -1.25. The standard InChI is InChI=1S/C28H27N5O9S/c1-13-19(23(27(37)38)32-22(13)20(14(2)34)25(32)36)18-10-30-12-29-21(26(30)43-18)24(35)17-4-3-9-31(17)28(39)42-11-15-5-7-16(8-6-15)33(40)41/h5-8,10,12-14,17,20,22,34H,3-4,9,11H2,1-2H3,(H,37,38)/t13-,14+,17-,20+,22+/m0/s1. The Hall–Kier alpha value is -4.63. The van der Waals surface area contributed by atoms with Crippen LogP contribution in [0.2, 0.25) is 0 Å². The van der Waals surface area contributed by atoms with Crippen molar-refractivity contribution in [2.24, 2.45) is 11.8 Å². The van der Waals surface area contributed by atoms with Gasteiger partial charge in [-0.25, -0.2) is 14.6 Å². The van der Waals surface area contributed by atoms with Gasteiger partial charge in [-0.2, -0.15) is 0 Å². The Kier molecular flexibility index (Phi) is 7.01. The number of fused-ring (bicyclic) bond motifs is 2. The van der Waals surface area contributed by atoms with Gasteiger partial charge in [0.1, 0.15) is 35.2 Å². The summed E-state index contributed by atoms with van der Waals surface area (Å²) in [5.74, 6) is -3.11. The maximum Gasteiger partial charge on any atom is 0.410 e. The molecule has 0 aliphatic carbocycles. The summed E-state index contributed by atoms with van der Waals surface area (Å²) in [4.78, 5) is 69.9. The third kappa shape index (κ3) is 4.55. The van der Waals surface area contributed by atoms with Crippen molar-refractivity contribution in [2.45, 2.75) is 51.5 Å². The fourth-order valence-electron chi connectivity index (χ4n) is 6.34. The minimum Gasteiger partial charge on any atom is -0.477 e. The highest BCUT2D eigenvalue weighted by atomic mass is 32.1. The molecule has 15 heteroatoms. The summed E-state index contributed by atoms with van der Waals surface area (Å²) in [6.45, 7) is 3.53. The van der Waals surface area contributed by atoms with E-state index >= 15 is 0 Å². The number of imidazole rings is 1. The first-order valence-electron chi connectivity index (χ1n) is 13.7. The number of nitro benzene ring substituents is 1. The Bertz CT molecular complexity index is 1710. The topological polar surface area (TPSA) is 185 Å². The molecular formula is C28H27N5O9S. The van der Waals surface area contributed by atoms with Crippen LogP contribution < -0.4 is 0 Å².